The van der Waals surface area contributed by atoms with Crippen LogP contribution in [-0.4, -0.2) is 26.5 Å². The zero-order valence-corrected chi connectivity index (χ0v) is 15.4. The minimum absolute atomic E-state index is 0.0173. The van der Waals surface area contributed by atoms with Crippen molar-refractivity contribution >= 4 is 6.03 Å². The first kappa shape index (κ1) is 18.7. The number of furan rings is 1. The van der Waals surface area contributed by atoms with E-state index in [4.69, 9.17) is 4.42 Å². The second-order valence-corrected chi connectivity index (χ2v) is 6.64. The molecular formula is C20H23FN4O2. The molecule has 3 rings (SSSR count). The van der Waals surface area contributed by atoms with Gasteiger partial charge in [0, 0.05) is 25.0 Å². The summed E-state index contributed by atoms with van der Waals surface area (Å²) >= 11 is 0. The monoisotopic (exact) mass is 370 g/mol. The van der Waals surface area contributed by atoms with E-state index in [9.17, 15) is 9.18 Å². The average Bonchev–Trinajstić information content (AvgIpc) is 3.26. The lowest BCUT2D eigenvalue weighted by atomic mass is 10.2. The number of urea groups is 1. The fourth-order valence-electron chi connectivity index (χ4n) is 2.77. The van der Waals surface area contributed by atoms with Crippen LogP contribution in [-0.2, 0) is 19.6 Å². The number of imidazole rings is 1. The Morgan fingerprint density at radius 2 is 2.15 bits per heavy atom. The molecule has 2 aromatic heterocycles. The maximum Gasteiger partial charge on any atom is 0.318 e. The molecular weight excluding hydrogens is 347 g/mol. The molecule has 2 amide bonds. The van der Waals surface area contributed by atoms with Gasteiger partial charge in [-0.1, -0.05) is 12.1 Å². The van der Waals surface area contributed by atoms with Crippen LogP contribution in [0.4, 0.5) is 9.18 Å². The Morgan fingerprint density at radius 1 is 1.30 bits per heavy atom. The van der Waals surface area contributed by atoms with E-state index in [0.29, 0.717) is 31.2 Å². The van der Waals surface area contributed by atoms with E-state index in [2.05, 4.69) is 10.3 Å². The molecule has 0 radical (unpaired) electrons. The van der Waals surface area contributed by atoms with Gasteiger partial charge in [-0.2, -0.15) is 0 Å². The van der Waals surface area contributed by atoms with Gasteiger partial charge in [0.1, 0.15) is 17.4 Å². The largest absolute Gasteiger partial charge is 0.467 e. The van der Waals surface area contributed by atoms with Gasteiger partial charge in [-0.15, -0.1) is 0 Å². The Kier molecular flexibility index (Phi) is 5.90. The number of carbonyl (C=O) groups is 1. The number of nitrogens with one attached hydrogen (secondary N) is 1. The molecule has 142 valence electrons. The van der Waals surface area contributed by atoms with Gasteiger partial charge < -0.3 is 19.2 Å². The van der Waals surface area contributed by atoms with Crippen LogP contribution < -0.4 is 5.32 Å². The number of amides is 2. The van der Waals surface area contributed by atoms with Crippen molar-refractivity contribution in [2.45, 2.75) is 39.5 Å². The Balaban J connectivity index is 1.77. The summed E-state index contributed by atoms with van der Waals surface area (Å²) in [7, 11) is 0. The first-order valence-electron chi connectivity index (χ1n) is 8.83. The van der Waals surface area contributed by atoms with E-state index in [-0.39, 0.29) is 17.9 Å². The summed E-state index contributed by atoms with van der Waals surface area (Å²) in [6.45, 7) is 4.94. The quantitative estimate of drug-likeness (QED) is 0.688. The first-order chi connectivity index (χ1) is 13.0. The van der Waals surface area contributed by atoms with E-state index in [0.717, 1.165) is 5.56 Å². The van der Waals surface area contributed by atoms with Crippen molar-refractivity contribution in [1.29, 1.82) is 0 Å². The van der Waals surface area contributed by atoms with Gasteiger partial charge in [-0.3, -0.25) is 0 Å². The summed E-state index contributed by atoms with van der Waals surface area (Å²) < 4.78 is 20.7. The van der Waals surface area contributed by atoms with Crippen LogP contribution in [0.2, 0.25) is 0 Å². The average molecular weight is 370 g/mol. The van der Waals surface area contributed by atoms with Crippen LogP contribution in [0.5, 0.6) is 0 Å². The summed E-state index contributed by atoms with van der Waals surface area (Å²) in [4.78, 5) is 18.6. The third kappa shape index (κ3) is 5.20. The first-order valence-corrected chi connectivity index (χ1v) is 8.83. The van der Waals surface area contributed by atoms with Gasteiger partial charge in [0.05, 0.1) is 19.4 Å². The molecule has 0 aliphatic heterocycles. The van der Waals surface area contributed by atoms with Gasteiger partial charge in [-0.25, -0.2) is 14.2 Å². The molecule has 0 saturated heterocycles. The zero-order chi connectivity index (χ0) is 19.2. The van der Waals surface area contributed by atoms with Crippen LogP contribution in [0.25, 0.3) is 0 Å². The summed E-state index contributed by atoms with van der Waals surface area (Å²) in [5.74, 6) is 1.13. The van der Waals surface area contributed by atoms with Gasteiger partial charge >= 0.3 is 6.03 Å². The molecule has 7 heteroatoms. The van der Waals surface area contributed by atoms with E-state index in [1.165, 1.54) is 12.1 Å². The number of hydrogen-bond acceptors (Lipinski definition) is 3. The number of carbonyl (C=O) groups excluding carboxylic acids is 1. The molecule has 0 atom stereocenters. The molecule has 0 aliphatic rings. The van der Waals surface area contributed by atoms with Crippen molar-refractivity contribution in [3.05, 3.63) is 78.0 Å². The normalized spacial score (nSPS) is 11.0. The highest BCUT2D eigenvalue weighted by atomic mass is 19.1. The van der Waals surface area contributed by atoms with Crippen LogP contribution in [0, 0.1) is 5.82 Å². The van der Waals surface area contributed by atoms with Crippen LogP contribution >= 0.6 is 0 Å². The number of nitrogens with zero attached hydrogens (tertiary/aromatic N) is 3. The predicted octanol–water partition coefficient (Wildman–Crippen LogP) is 3.78. The molecule has 0 aliphatic carbocycles. The third-order valence-electron chi connectivity index (χ3n) is 4.00. The molecule has 6 nitrogen and oxygen atoms in total. The Morgan fingerprint density at radius 3 is 2.85 bits per heavy atom. The fourth-order valence-corrected chi connectivity index (χ4v) is 2.77. The lowest BCUT2D eigenvalue weighted by molar-refractivity contribution is 0.182. The lowest BCUT2D eigenvalue weighted by Gasteiger charge is -2.23. The Labute approximate surface area is 157 Å². The van der Waals surface area contributed by atoms with Gasteiger partial charge in [-0.05, 0) is 43.7 Å². The van der Waals surface area contributed by atoms with Crippen LogP contribution in [0.1, 0.15) is 31.0 Å². The molecule has 1 N–H and O–H groups in total. The fraction of sp³-hybridized carbons (Fsp3) is 0.300. The minimum atomic E-state index is -0.273. The predicted molar refractivity (Wildman–Crippen MR) is 99.4 cm³/mol. The van der Waals surface area contributed by atoms with Crippen molar-refractivity contribution in [1.82, 2.24) is 19.8 Å². The van der Waals surface area contributed by atoms with Gasteiger partial charge in [0.15, 0.2) is 0 Å². The lowest BCUT2D eigenvalue weighted by Crippen LogP contribution is -2.42. The molecule has 0 unspecified atom stereocenters. The highest BCUT2D eigenvalue weighted by Gasteiger charge is 2.19. The summed E-state index contributed by atoms with van der Waals surface area (Å²) in [5, 5.41) is 2.90. The maximum absolute atomic E-state index is 13.4. The molecule has 3 aromatic rings. The second-order valence-electron chi connectivity index (χ2n) is 6.64. The second kappa shape index (κ2) is 8.53. The van der Waals surface area contributed by atoms with E-state index in [1.807, 2.05) is 36.7 Å². The number of benzene rings is 1. The van der Waals surface area contributed by atoms with E-state index >= 15 is 0 Å². The Bertz CT molecular complexity index is 874. The number of halogens is 1. The third-order valence-corrected chi connectivity index (χ3v) is 4.00. The number of hydrogen-bond donors (Lipinski definition) is 1. The summed E-state index contributed by atoms with van der Waals surface area (Å²) in [5.41, 5.74) is 0.832. The van der Waals surface area contributed by atoms with Crippen molar-refractivity contribution in [2.24, 2.45) is 0 Å². The standard InChI is InChI=1S/C20H23FN4O2/c1-15(2)23-20(26)25(13-18-7-4-10-27-18)14-19-22-8-9-24(19)12-16-5-3-6-17(21)11-16/h3-11,15H,12-14H2,1-2H3,(H,23,26). The zero-order valence-electron chi connectivity index (χ0n) is 15.4. The van der Waals surface area contributed by atoms with Crippen molar-refractivity contribution < 1.29 is 13.6 Å². The molecule has 27 heavy (non-hydrogen) atoms. The van der Waals surface area contributed by atoms with Gasteiger partial charge in [0.2, 0.25) is 0 Å². The van der Waals surface area contributed by atoms with Crippen LogP contribution in [0.15, 0.2) is 59.5 Å². The Hall–Kier alpha value is -3.09. The summed E-state index contributed by atoms with van der Waals surface area (Å²) in [6.07, 6.45) is 5.09. The minimum Gasteiger partial charge on any atom is -0.467 e. The van der Waals surface area contributed by atoms with Crippen molar-refractivity contribution in [3.8, 4) is 0 Å². The topological polar surface area (TPSA) is 63.3 Å². The van der Waals surface area contributed by atoms with E-state index in [1.54, 1.807) is 29.5 Å². The summed E-state index contributed by atoms with van der Waals surface area (Å²) in [6, 6.07) is 9.90. The SMILES string of the molecule is CC(C)NC(=O)N(Cc1ccco1)Cc1nccn1Cc1cccc(F)c1. The highest BCUT2D eigenvalue weighted by molar-refractivity contribution is 5.74. The van der Waals surface area contributed by atoms with Crippen molar-refractivity contribution in [2.75, 3.05) is 0 Å². The molecule has 0 saturated carbocycles. The molecule has 0 fully saturated rings. The maximum atomic E-state index is 13.4. The molecule has 0 spiro atoms. The molecule has 1 aromatic carbocycles. The number of rotatable bonds is 7. The highest BCUT2D eigenvalue weighted by Crippen LogP contribution is 2.13. The smallest absolute Gasteiger partial charge is 0.318 e. The van der Waals surface area contributed by atoms with Crippen molar-refractivity contribution in [3.63, 3.8) is 0 Å². The molecule has 2 heterocycles. The van der Waals surface area contributed by atoms with Crippen LogP contribution in [0.3, 0.4) is 0 Å². The number of aromatic nitrogens is 2. The van der Waals surface area contributed by atoms with Gasteiger partial charge in [0.25, 0.3) is 0 Å². The van der Waals surface area contributed by atoms with E-state index < -0.39 is 0 Å². The molecule has 0 bridgehead atoms.